The van der Waals surface area contributed by atoms with Crippen LogP contribution in [0.1, 0.15) is 47.9 Å². The predicted octanol–water partition coefficient (Wildman–Crippen LogP) is -1.46. The van der Waals surface area contributed by atoms with E-state index in [0.717, 1.165) is 0 Å². The van der Waals surface area contributed by atoms with Gasteiger partial charge < -0.3 is 24.8 Å². The Morgan fingerprint density at radius 2 is 1.05 bits per heavy atom. The van der Waals surface area contributed by atoms with Gasteiger partial charge in [0.05, 0.1) is 0 Å². The number of hydrogen-bond acceptors (Lipinski definition) is 0. The van der Waals surface area contributed by atoms with E-state index in [1.165, 1.54) is 75.6 Å². The fraction of sp³-hybridized carbons (Fsp3) is 0.421. The van der Waals surface area contributed by atoms with Crippen LogP contribution in [0.5, 0.6) is 0 Å². The van der Waals surface area contributed by atoms with Crippen molar-refractivity contribution in [1.82, 2.24) is 0 Å². The van der Waals surface area contributed by atoms with E-state index in [-0.39, 0.29) is 24.8 Å². The molecule has 2 aliphatic carbocycles. The molecule has 0 aliphatic heterocycles. The molecule has 0 saturated heterocycles. The van der Waals surface area contributed by atoms with E-state index in [9.17, 15) is 0 Å². The molecule has 0 heterocycles. The van der Waals surface area contributed by atoms with Crippen molar-refractivity contribution in [3.8, 4) is 0 Å². The molecule has 2 aromatic carbocycles. The van der Waals surface area contributed by atoms with Crippen LogP contribution in [0.15, 0.2) is 36.4 Å². The van der Waals surface area contributed by atoms with Gasteiger partial charge in [-0.25, -0.2) is 12.1 Å². The zero-order valence-corrected chi connectivity index (χ0v) is 17.1. The summed E-state index contributed by atoms with van der Waals surface area (Å²) in [5.74, 6) is 0. The molecule has 0 amide bonds. The van der Waals surface area contributed by atoms with E-state index >= 15 is 0 Å². The molecule has 0 aromatic heterocycles. The molecule has 2 aromatic rings. The molecule has 0 fully saturated rings. The first-order valence-electron chi connectivity index (χ1n) is 7.76. The first kappa shape index (κ1) is 22.0. The van der Waals surface area contributed by atoms with Crippen molar-refractivity contribution in [1.29, 1.82) is 0 Å². The molecule has 0 spiro atoms. The quantitative estimate of drug-likeness (QED) is 0.463. The zero-order valence-electron chi connectivity index (χ0n) is 13.1. The molecule has 2 aliphatic rings. The second-order valence-corrected chi connectivity index (χ2v) is 5.57. The van der Waals surface area contributed by atoms with Crippen LogP contribution in [0.25, 0.3) is 0 Å². The molecular weight excluding hydrogens is 390 g/mol. The number of aryl methyl sites for hydroxylation is 4. The fourth-order valence-electron chi connectivity index (χ4n) is 3.23. The molecule has 0 nitrogen and oxygen atoms in total. The zero-order chi connectivity index (χ0) is 14.2. The van der Waals surface area contributed by atoms with E-state index < -0.39 is 0 Å². The maximum Gasteiger partial charge on any atom is -0.0512 e. The predicted molar refractivity (Wildman–Crippen MR) is 84.5 cm³/mol. The monoisotopic (exact) mass is 412 g/mol. The first-order chi connectivity index (χ1) is 9.93. The molecule has 0 unspecified atom stereocenters. The van der Waals surface area contributed by atoms with Crippen molar-refractivity contribution in [3.63, 3.8) is 0 Å². The topological polar surface area (TPSA) is 0 Å². The molecule has 22 heavy (non-hydrogen) atoms. The van der Waals surface area contributed by atoms with E-state index in [2.05, 4.69) is 40.6 Å². The number of rotatable bonds is 0. The Hall–Kier alpha value is 0.0331. The third-order valence-electron chi connectivity index (χ3n) is 4.30. The van der Waals surface area contributed by atoms with Crippen LogP contribution in [-0.4, -0.2) is 4.21 Å². The van der Waals surface area contributed by atoms with E-state index in [1.54, 1.807) is 22.3 Å². The van der Waals surface area contributed by atoms with Gasteiger partial charge in [-0.05, 0) is 0 Å². The van der Waals surface area contributed by atoms with E-state index in [4.69, 9.17) is 0 Å². The molecule has 3 heteroatoms. The van der Waals surface area contributed by atoms with Gasteiger partial charge in [-0.3, -0.25) is 0 Å². The summed E-state index contributed by atoms with van der Waals surface area (Å²) in [4.78, 5) is 0. The minimum atomic E-state index is 0. The molecule has 120 valence electrons. The average molecular weight is 415 g/mol. The number of hydrogen-bond donors (Lipinski definition) is 0. The van der Waals surface area contributed by atoms with Gasteiger partial charge in [-0.1, -0.05) is 51.4 Å². The molecule has 0 bridgehead atoms. The van der Waals surface area contributed by atoms with Gasteiger partial charge in [0, 0.05) is 0 Å². The Balaban J connectivity index is 0.000000334. The first-order valence-corrected chi connectivity index (χ1v) is 9.49. The van der Waals surface area contributed by atoms with Crippen LogP contribution in [-0.2, 0) is 49.9 Å². The van der Waals surface area contributed by atoms with Gasteiger partial charge in [0.2, 0.25) is 0 Å². The average Bonchev–Trinajstić information content (AvgIpc) is 3.18. The van der Waals surface area contributed by atoms with Crippen LogP contribution in [0, 0.1) is 0 Å². The van der Waals surface area contributed by atoms with Gasteiger partial charge in [-0.15, -0.1) is 0 Å². The van der Waals surface area contributed by atoms with Crippen LogP contribution < -0.4 is 24.8 Å². The van der Waals surface area contributed by atoms with E-state index in [0.29, 0.717) is 0 Å². The minimum absolute atomic E-state index is 0. The van der Waals surface area contributed by atoms with Crippen LogP contribution in [0.4, 0.5) is 0 Å². The smallest absolute Gasteiger partial charge is 0.0512 e. The summed E-state index contributed by atoms with van der Waals surface area (Å²) in [5, 5.41) is 0. The van der Waals surface area contributed by atoms with Crippen molar-refractivity contribution >= 4 is 4.21 Å². The summed E-state index contributed by atoms with van der Waals surface area (Å²) >= 11 is 1.30. The van der Waals surface area contributed by atoms with Crippen molar-refractivity contribution < 1.29 is 49.0 Å². The third kappa shape index (κ3) is 6.27. The number of halogens is 2. The van der Waals surface area contributed by atoms with Gasteiger partial charge >= 0.3 is 28.4 Å². The van der Waals surface area contributed by atoms with Gasteiger partial charge in [-0.2, -0.15) is 46.5 Å². The summed E-state index contributed by atoms with van der Waals surface area (Å²) in [5.41, 5.74) is 6.39. The minimum Gasteiger partial charge on any atom is -1.00 e. The fourth-order valence-corrected chi connectivity index (χ4v) is 3.23. The summed E-state index contributed by atoms with van der Waals surface area (Å²) in [6.45, 7) is 0. The van der Waals surface area contributed by atoms with Crippen molar-refractivity contribution in [2.24, 2.45) is 0 Å². The molecule has 0 radical (unpaired) electrons. The Bertz CT molecular complexity index is 426. The number of fused-ring (bicyclic) bond motifs is 2. The molecular formula is C19H24Cl2Zr-2. The maximum absolute atomic E-state index is 3.34. The van der Waals surface area contributed by atoms with E-state index in [1.807, 2.05) is 0 Å². The molecule has 0 N–H and O–H groups in total. The second-order valence-electron chi connectivity index (χ2n) is 5.57. The molecule has 0 saturated carbocycles. The Morgan fingerprint density at radius 1 is 0.682 bits per heavy atom. The Labute approximate surface area is 162 Å². The van der Waals surface area contributed by atoms with Crippen molar-refractivity contribution in [2.75, 3.05) is 0 Å². The normalized spacial score (nSPS) is 14.5. The van der Waals surface area contributed by atoms with Crippen LogP contribution in [0.2, 0.25) is 0 Å². The van der Waals surface area contributed by atoms with Crippen molar-refractivity contribution in [2.45, 2.75) is 51.4 Å². The standard InChI is InChI=1S/2C9H11.CH2.2ClH.Zr/c2*1-2-5-9-7-3-6-8(9)4-1;;;;/h2*3,6-7H,1-2,4-5H2;1H2;2*1H;/q2*-1;;;;+2/p-2. The van der Waals surface area contributed by atoms with Crippen LogP contribution >= 0.6 is 0 Å². The summed E-state index contributed by atoms with van der Waals surface area (Å²) in [6, 6.07) is 13.4. The molecule has 4 rings (SSSR count). The third-order valence-corrected chi connectivity index (χ3v) is 4.30. The SMILES string of the molecule is [CH2]=[Zr+2].[Cl-].[Cl-].c1cc2c([cH-]1)CCCC2.c1cc2c([cH-]1)CCCC2. The van der Waals surface area contributed by atoms with Gasteiger partial charge in [0.25, 0.3) is 0 Å². The van der Waals surface area contributed by atoms with Gasteiger partial charge in [0.15, 0.2) is 0 Å². The van der Waals surface area contributed by atoms with Crippen molar-refractivity contribution in [3.05, 3.63) is 58.7 Å². The summed E-state index contributed by atoms with van der Waals surface area (Å²) < 4.78 is 3.34. The van der Waals surface area contributed by atoms with Crippen LogP contribution in [0.3, 0.4) is 0 Å². The molecule has 0 atom stereocenters. The second kappa shape index (κ2) is 12.5. The Kier molecular flexibility index (Phi) is 12.5. The Morgan fingerprint density at radius 3 is 1.41 bits per heavy atom. The van der Waals surface area contributed by atoms with Gasteiger partial charge in [0.1, 0.15) is 0 Å². The largest absolute Gasteiger partial charge is 1.00 e. The summed E-state index contributed by atoms with van der Waals surface area (Å²) in [6.07, 6.45) is 10.9. The summed E-state index contributed by atoms with van der Waals surface area (Å²) in [7, 11) is 0. The maximum atomic E-state index is 3.34.